The van der Waals surface area contributed by atoms with Crippen molar-refractivity contribution in [1.82, 2.24) is 24.5 Å². The molecule has 0 saturated carbocycles. The van der Waals surface area contributed by atoms with Gasteiger partial charge in [-0.1, -0.05) is 300 Å². The number of nitrogens with zero attached hydrogens (tertiary/aromatic N) is 5. The number of esters is 11. The quantitative estimate of drug-likeness (QED) is 0.0310. The first-order chi connectivity index (χ1) is 72.6. The van der Waals surface area contributed by atoms with E-state index in [1.807, 2.05) is 58.5 Å². The third-order valence-corrected chi connectivity index (χ3v) is 33.9. The summed E-state index contributed by atoms with van der Waals surface area (Å²) in [6.07, 6.45) is 54.6. The fourth-order valence-electron chi connectivity index (χ4n) is 16.2. The maximum Gasteiger partial charge on any atom is 0.309 e. The van der Waals surface area contributed by atoms with Crippen LogP contribution in [0.4, 0.5) is 0 Å². The van der Waals surface area contributed by atoms with Gasteiger partial charge in [-0.3, -0.25) is 57.5 Å². The Morgan fingerprint density at radius 1 is 0.180 bits per heavy atom. The van der Waals surface area contributed by atoms with Gasteiger partial charge in [-0.05, 0) is 115 Å². The third-order valence-electron chi connectivity index (χ3n) is 26.2. The van der Waals surface area contributed by atoms with Gasteiger partial charge in [0, 0.05) is 111 Å². The van der Waals surface area contributed by atoms with E-state index in [1.54, 1.807) is 65.7 Å². The first-order valence-corrected chi connectivity index (χ1v) is 65.8. The van der Waals surface area contributed by atoms with Gasteiger partial charge in [-0.15, -0.1) is 0 Å². The number of ketones is 1. The lowest BCUT2D eigenvalue weighted by Gasteiger charge is -2.22. The summed E-state index contributed by atoms with van der Waals surface area (Å²) in [5.41, 5.74) is 0. The van der Waals surface area contributed by atoms with Gasteiger partial charge in [0.1, 0.15) is 71.9 Å². The first-order valence-electron chi connectivity index (χ1n) is 58.9. The van der Waals surface area contributed by atoms with Gasteiger partial charge < -0.3 is 76.6 Å². The molecule has 28 nitrogen and oxygen atoms in total. The number of carbonyl (C=O) groups excluding carboxylic acids is 12. The van der Waals surface area contributed by atoms with Gasteiger partial charge >= 0.3 is 65.7 Å². The molecule has 0 aliphatic carbocycles. The zero-order valence-electron chi connectivity index (χ0n) is 96.6. The van der Waals surface area contributed by atoms with Gasteiger partial charge in [0.15, 0.2) is 0 Å². The Morgan fingerprint density at radius 2 is 0.360 bits per heavy atom. The van der Waals surface area contributed by atoms with Crippen LogP contribution in [0, 0.1) is 35.5 Å². The molecule has 0 saturated heterocycles. The average Bonchev–Trinajstić information content (AvgIpc) is 1.10. The van der Waals surface area contributed by atoms with Crippen molar-refractivity contribution >= 4 is 142 Å². The fraction of sp³-hybridized carbons (Fsp3) is 0.897. The number of hydrogen-bond acceptors (Lipinski definition) is 34. The molecule has 0 N–H and O–H groups in total. The molecule has 6 atom stereocenters. The van der Waals surface area contributed by atoms with Gasteiger partial charge in [-0.25, -0.2) is 0 Å². The van der Waals surface area contributed by atoms with Crippen LogP contribution in [0.3, 0.4) is 0 Å². The van der Waals surface area contributed by atoms with Crippen LogP contribution in [0.5, 0.6) is 0 Å². The van der Waals surface area contributed by atoms with Crippen LogP contribution in [0.1, 0.15) is 390 Å². The Hall–Kier alpha value is -4.26. The van der Waals surface area contributed by atoms with Gasteiger partial charge in [-0.2, -0.15) is 70.6 Å². The van der Waals surface area contributed by atoms with E-state index in [1.165, 1.54) is 243 Å². The fourth-order valence-corrected chi connectivity index (χ4v) is 22.6. The van der Waals surface area contributed by atoms with Crippen LogP contribution in [-0.4, -0.2) is 337 Å². The molecule has 0 amide bonds. The molecule has 0 spiro atoms. The lowest BCUT2D eigenvalue weighted by Crippen LogP contribution is -2.32. The van der Waals surface area contributed by atoms with E-state index in [4.69, 9.17) is 52.1 Å². The monoisotopic (exact) mass is 2240 g/mol. The summed E-state index contributed by atoms with van der Waals surface area (Å²) in [5.74, 6) is 2.76. The van der Waals surface area contributed by atoms with Crippen LogP contribution in [0.25, 0.3) is 0 Å². The molecule has 0 aromatic carbocycles. The van der Waals surface area contributed by atoms with Crippen molar-refractivity contribution < 1.29 is 110 Å². The lowest BCUT2D eigenvalue weighted by atomic mass is 10.1. The number of hydrogen-bond donors (Lipinski definition) is 0. The molecule has 0 aliphatic rings. The lowest BCUT2D eigenvalue weighted by molar-refractivity contribution is -0.154. The molecule has 0 rings (SSSR count). The average molecular weight is 2240 g/mol. The number of unbranched alkanes of at least 4 members (excludes halogenated alkanes) is 36. The van der Waals surface area contributed by atoms with E-state index in [0.29, 0.717) is 105 Å². The second-order valence-corrected chi connectivity index (χ2v) is 48.0. The summed E-state index contributed by atoms with van der Waals surface area (Å²) in [7, 11) is 6.06. The van der Waals surface area contributed by atoms with Crippen molar-refractivity contribution in [2.45, 2.75) is 390 Å². The zero-order valence-corrected chi connectivity index (χ0v) is 102. The predicted molar refractivity (Wildman–Crippen MR) is 623 cm³/mol. The molecule has 0 bridgehead atoms. The van der Waals surface area contributed by atoms with Gasteiger partial charge in [0.05, 0.1) is 74.2 Å². The Kier molecular flexibility index (Phi) is 105. The Morgan fingerprint density at radius 3 is 0.587 bits per heavy atom. The van der Waals surface area contributed by atoms with Crippen molar-refractivity contribution in [1.29, 1.82) is 0 Å². The molecule has 34 heteroatoms. The van der Waals surface area contributed by atoms with E-state index in [0.717, 1.165) is 87.7 Å². The highest BCUT2D eigenvalue weighted by atomic mass is 32.2. The van der Waals surface area contributed by atoms with E-state index < -0.39 is 41.7 Å². The van der Waals surface area contributed by atoms with Crippen LogP contribution < -0.4 is 0 Å². The molecule has 0 radical (unpaired) electrons. The minimum atomic E-state index is -0.467. The minimum absolute atomic E-state index is 0.0307. The molecular weight excluding hydrogens is 2020 g/mol. The molecule has 0 fully saturated rings. The molecule has 150 heavy (non-hydrogen) atoms. The van der Waals surface area contributed by atoms with Gasteiger partial charge in [0.2, 0.25) is 0 Å². The number of ether oxygens (including phenoxy) is 11. The first kappa shape index (κ1) is 146. The van der Waals surface area contributed by atoms with Gasteiger partial charge in [0.25, 0.3) is 0 Å². The summed E-state index contributed by atoms with van der Waals surface area (Å²) in [5, 5.41) is 0. The van der Waals surface area contributed by atoms with Crippen molar-refractivity contribution in [3.05, 3.63) is 0 Å². The maximum atomic E-state index is 13.1. The van der Waals surface area contributed by atoms with E-state index >= 15 is 0 Å². The summed E-state index contributed by atoms with van der Waals surface area (Å²) >= 11 is 10.2. The normalized spacial score (nSPS) is 12.8. The highest BCUT2D eigenvalue weighted by molar-refractivity contribution is 8.00. The number of rotatable bonds is 113. The third kappa shape index (κ3) is 97.0. The van der Waals surface area contributed by atoms with E-state index in [2.05, 4.69) is 49.4 Å². The molecule has 0 heterocycles. The van der Waals surface area contributed by atoms with Crippen LogP contribution in [0.15, 0.2) is 0 Å². The summed E-state index contributed by atoms with van der Waals surface area (Å²) < 4.78 is 60.1. The SMILES string of the molecule is CCCCCCCCCCCCSCC(C)C(=O)OCCOC(=O)CCN(CCSCC(C)C(=O)OCCCC(=O)CCN(C)CCCN(C)CCCN(C)CCC(=O)OCCOC(=O)C(C)CSCCN(CCC(=O)OCCOC(=O)C(C)CSCCCCCCCCCCCC)CCC(=O)OCCOC(=O)C(C)CSCCCCCCCCCCCC)CCC(=O)OCCOC(=O)C(C)CSCCCCCCCCCCCC. The van der Waals surface area contributed by atoms with E-state index in [9.17, 15) is 57.5 Å². The number of Topliss-reactive ketones (excluding diaryl/α,β-unsaturated/α-hetero) is 1. The number of carbonyl (C=O) groups is 12. The molecule has 0 aliphatic heterocycles. The highest BCUT2D eigenvalue weighted by Crippen LogP contribution is 2.24. The predicted octanol–water partition coefficient (Wildman–Crippen LogP) is 23.7. The summed E-state index contributed by atoms with van der Waals surface area (Å²) in [6, 6.07) is 0. The second kappa shape index (κ2) is 108. The zero-order chi connectivity index (χ0) is 110. The Labute approximate surface area is 936 Å². The smallest absolute Gasteiger partial charge is 0.309 e. The topological polar surface area (TPSA) is 323 Å². The van der Waals surface area contributed by atoms with E-state index in [-0.39, 0.29) is 183 Å². The van der Waals surface area contributed by atoms with Crippen LogP contribution >= 0.6 is 70.6 Å². The maximum absolute atomic E-state index is 13.1. The van der Waals surface area contributed by atoms with Crippen molar-refractivity contribution in [2.24, 2.45) is 35.5 Å². The largest absolute Gasteiger partial charge is 0.465 e. The molecule has 6 unspecified atom stereocenters. The van der Waals surface area contributed by atoms with Crippen molar-refractivity contribution in [2.75, 3.05) is 241 Å². The Balaban J connectivity index is 4.93. The minimum Gasteiger partial charge on any atom is -0.465 e. The van der Waals surface area contributed by atoms with Crippen LogP contribution in [-0.2, 0) is 110 Å². The standard InChI is InChI=1S/C116H215N5O23S6/c1-14-18-22-26-30-34-38-42-46-50-87-145-93-99(5)112(129)140-83-78-135-107(124)60-70-120(71-61-108(125)136-79-84-141-113(130)100(6)94-146-88-51-47-43-39-35-31-27-23-19-15-2)74-91-149-97-103(9)111(128)139-76-54-57-105(122)58-68-118(12)66-55-64-117(11)65-56-67-119(13)69-59-106(123)134-77-82-144-116(133)104(10)98-150-92-75-121(72-62-109(126)137-80-85-142-114(131)101(7)95-147-89-52-48-44-40-36-32-28-24-20-16-3)73-63-110(127)138-81-86-143-115(132)102(8)96-148-90-53-49-45-41-37-33-29-25-21-17-4/h99-104H,14-98H2,1-13H3. The number of thioether (sulfide) groups is 6. The highest BCUT2D eigenvalue weighted by Gasteiger charge is 2.25. The molecular formula is C116H215N5O23S6. The van der Waals surface area contributed by atoms with Crippen molar-refractivity contribution in [3.63, 3.8) is 0 Å². The summed E-state index contributed by atoms with van der Waals surface area (Å²) in [6.45, 7) is 26.2. The second-order valence-electron chi connectivity index (χ2n) is 41.1. The van der Waals surface area contributed by atoms with Crippen molar-refractivity contribution in [3.8, 4) is 0 Å². The molecule has 0 aromatic rings. The Bertz CT molecular complexity index is 2950. The molecule has 878 valence electrons. The molecule has 0 aromatic heterocycles. The summed E-state index contributed by atoms with van der Waals surface area (Å²) in [4.78, 5) is 165. The van der Waals surface area contributed by atoms with Crippen LogP contribution in [0.2, 0.25) is 0 Å².